The molecule has 5 amide bonds. The Morgan fingerprint density at radius 1 is 0.531 bits per heavy atom. The molecule has 0 aliphatic carbocycles. The molecule has 0 heterocycles. The third-order valence-electron chi connectivity index (χ3n) is 6.57. The van der Waals surface area contributed by atoms with Crippen molar-refractivity contribution in [3.8, 4) is 0 Å². The summed E-state index contributed by atoms with van der Waals surface area (Å²) in [7, 11) is 1.45. The predicted molar refractivity (Wildman–Crippen MR) is 172 cm³/mol. The molecule has 2 atom stereocenters. The van der Waals surface area contributed by atoms with Crippen molar-refractivity contribution in [1.29, 1.82) is 0 Å². The molecule has 19 nitrogen and oxygen atoms in total. The Morgan fingerprint density at radius 2 is 0.980 bits per heavy atom. The minimum atomic E-state index is -1.52. The number of amides is 5. The van der Waals surface area contributed by atoms with Gasteiger partial charge in [-0.15, -0.1) is 0 Å². The predicted octanol–water partition coefficient (Wildman–Crippen LogP) is -0.778. The van der Waals surface area contributed by atoms with E-state index in [0.717, 1.165) is 25.7 Å². The summed E-state index contributed by atoms with van der Waals surface area (Å²) in [6.07, 6.45) is 3.02. The number of hydrogen-bond acceptors (Lipinski definition) is 11. The Kier molecular flexibility index (Phi) is 27.5. The maximum atomic E-state index is 12.1. The van der Waals surface area contributed by atoms with Crippen molar-refractivity contribution in [2.24, 2.45) is 0 Å². The van der Waals surface area contributed by atoms with E-state index in [0.29, 0.717) is 72.1 Å². The second kappa shape index (κ2) is 30.0. The van der Waals surface area contributed by atoms with E-state index >= 15 is 0 Å². The van der Waals surface area contributed by atoms with Gasteiger partial charge in [-0.05, 0) is 25.7 Å². The van der Waals surface area contributed by atoms with E-state index in [1.807, 2.05) is 5.32 Å². The fraction of sp³-hybridized carbons (Fsp3) is 0.767. The molecule has 0 saturated heterocycles. The summed E-state index contributed by atoms with van der Waals surface area (Å²) in [5.41, 5.74) is 0. The maximum Gasteiger partial charge on any atom is 0.326 e. The zero-order valence-electron chi connectivity index (χ0n) is 28.1. The molecule has 0 aromatic heterocycles. The van der Waals surface area contributed by atoms with Crippen LogP contribution in [-0.4, -0.2) is 142 Å². The lowest BCUT2D eigenvalue weighted by Gasteiger charge is -2.18. The number of nitrogens with one attached hydrogen (secondary N) is 5. The number of carboxylic acid groups (broad SMARTS) is 3. The van der Waals surface area contributed by atoms with E-state index in [1.165, 1.54) is 7.11 Å². The highest BCUT2D eigenvalue weighted by atomic mass is 16.5. The first kappa shape index (κ1) is 44.9. The summed E-state index contributed by atoms with van der Waals surface area (Å²) in [5, 5.41) is 39.3. The highest BCUT2D eigenvalue weighted by molar-refractivity contribution is 5.86. The molecule has 282 valence electrons. The Bertz CT molecular complexity index is 1000. The largest absolute Gasteiger partial charge is 0.481 e. The monoisotopic (exact) mass is 707 g/mol. The maximum absolute atomic E-state index is 12.1. The highest BCUT2D eigenvalue weighted by Gasteiger charge is 2.25. The van der Waals surface area contributed by atoms with Crippen LogP contribution >= 0.6 is 0 Å². The number of carbonyl (C=O) groups excluding carboxylic acids is 4. The average Bonchev–Trinajstić information content (AvgIpc) is 3.04. The lowest BCUT2D eigenvalue weighted by atomic mass is 10.1. The lowest BCUT2D eigenvalue weighted by molar-refractivity contribution is -0.141. The minimum absolute atomic E-state index is 0.0164. The standard InChI is InChI=1S/C30H53N5O14/c1-46-21-26(38)33-14-16-48-18-20-49-19-17-47-15-13-32-24(36)7-5-3-2-4-6-12-31-25(37)10-8-22(28(41)42)34-30(45)35-23(29(43)44)9-11-27(39)40/h22-23H,2-21H2,1H3,(H,31,37)(H,32,36)(H,33,38)(H,39,40)(H,41,42)(H,43,44)(H2,34,35,45)/t22-,23-/m0/s1. The van der Waals surface area contributed by atoms with E-state index in [2.05, 4.69) is 21.3 Å². The van der Waals surface area contributed by atoms with Gasteiger partial charge in [-0.1, -0.05) is 19.3 Å². The number of aliphatic carboxylic acids is 3. The van der Waals surface area contributed by atoms with Gasteiger partial charge >= 0.3 is 23.9 Å². The molecule has 19 heteroatoms. The zero-order valence-corrected chi connectivity index (χ0v) is 28.1. The van der Waals surface area contributed by atoms with E-state index in [4.69, 9.17) is 29.2 Å². The topological polar surface area (TPSA) is 277 Å². The molecule has 0 saturated carbocycles. The van der Waals surface area contributed by atoms with Crippen LogP contribution in [0.5, 0.6) is 0 Å². The van der Waals surface area contributed by atoms with Crippen LogP contribution in [0.25, 0.3) is 0 Å². The number of unbranched alkanes of at least 4 members (excludes halogenated alkanes) is 4. The molecule has 0 aromatic rings. The van der Waals surface area contributed by atoms with Gasteiger partial charge in [0.15, 0.2) is 0 Å². The minimum Gasteiger partial charge on any atom is -0.481 e. The second-order valence-corrected chi connectivity index (χ2v) is 10.7. The zero-order chi connectivity index (χ0) is 36.7. The van der Waals surface area contributed by atoms with Crippen molar-refractivity contribution in [1.82, 2.24) is 26.6 Å². The molecule has 0 aliphatic heterocycles. The number of rotatable bonds is 32. The quantitative estimate of drug-likeness (QED) is 0.0399. The fourth-order valence-corrected chi connectivity index (χ4v) is 4.01. The molecular weight excluding hydrogens is 654 g/mol. The molecule has 0 unspecified atom stereocenters. The molecule has 0 bridgehead atoms. The van der Waals surface area contributed by atoms with Gasteiger partial charge < -0.3 is 60.9 Å². The van der Waals surface area contributed by atoms with Crippen LogP contribution in [0.4, 0.5) is 4.79 Å². The Balaban J connectivity index is 3.75. The molecule has 0 fully saturated rings. The van der Waals surface area contributed by atoms with Gasteiger partial charge in [0.05, 0.1) is 39.6 Å². The van der Waals surface area contributed by atoms with Crippen LogP contribution in [-0.2, 0) is 47.7 Å². The second-order valence-electron chi connectivity index (χ2n) is 10.7. The lowest BCUT2D eigenvalue weighted by Crippen LogP contribution is -2.51. The van der Waals surface area contributed by atoms with Crippen molar-refractivity contribution in [3.05, 3.63) is 0 Å². The van der Waals surface area contributed by atoms with Gasteiger partial charge in [-0.3, -0.25) is 19.2 Å². The fourth-order valence-electron chi connectivity index (χ4n) is 4.01. The first-order chi connectivity index (χ1) is 23.5. The Morgan fingerprint density at radius 3 is 1.51 bits per heavy atom. The van der Waals surface area contributed by atoms with Crippen LogP contribution in [0.2, 0.25) is 0 Å². The third kappa shape index (κ3) is 28.6. The summed E-state index contributed by atoms with van der Waals surface area (Å²) in [6.45, 7) is 3.51. The molecule has 49 heavy (non-hydrogen) atoms. The van der Waals surface area contributed by atoms with E-state index in [1.54, 1.807) is 0 Å². The van der Waals surface area contributed by atoms with Crippen molar-refractivity contribution in [3.63, 3.8) is 0 Å². The van der Waals surface area contributed by atoms with E-state index in [-0.39, 0.29) is 37.7 Å². The van der Waals surface area contributed by atoms with Gasteiger partial charge in [-0.25, -0.2) is 14.4 Å². The van der Waals surface area contributed by atoms with Crippen molar-refractivity contribution >= 4 is 41.7 Å². The first-order valence-electron chi connectivity index (χ1n) is 16.2. The average molecular weight is 708 g/mol. The molecule has 8 N–H and O–H groups in total. The highest BCUT2D eigenvalue weighted by Crippen LogP contribution is 2.06. The molecule has 0 rings (SSSR count). The van der Waals surface area contributed by atoms with Gasteiger partial charge in [0.25, 0.3) is 0 Å². The summed E-state index contributed by atoms with van der Waals surface area (Å²) in [6, 6.07) is -4.08. The van der Waals surface area contributed by atoms with Gasteiger partial charge in [0, 0.05) is 46.0 Å². The van der Waals surface area contributed by atoms with Crippen LogP contribution < -0.4 is 26.6 Å². The van der Waals surface area contributed by atoms with Crippen molar-refractivity contribution in [2.75, 3.05) is 73.0 Å². The number of carbonyl (C=O) groups is 7. The Hall–Kier alpha value is -4.07. The molecule has 0 spiro atoms. The van der Waals surface area contributed by atoms with Gasteiger partial charge in [0.2, 0.25) is 17.7 Å². The normalized spacial score (nSPS) is 11.9. The van der Waals surface area contributed by atoms with E-state index < -0.39 is 48.4 Å². The molecule has 0 radical (unpaired) electrons. The van der Waals surface area contributed by atoms with Crippen LogP contribution in [0.15, 0.2) is 0 Å². The van der Waals surface area contributed by atoms with Crippen LogP contribution in [0.1, 0.15) is 64.2 Å². The summed E-state index contributed by atoms with van der Waals surface area (Å²) in [5.74, 6) is -4.80. The smallest absolute Gasteiger partial charge is 0.326 e. The summed E-state index contributed by atoms with van der Waals surface area (Å²) < 4.78 is 20.8. The van der Waals surface area contributed by atoms with Crippen molar-refractivity contribution < 1.29 is 67.8 Å². The molecular formula is C30H53N5O14. The first-order valence-corrected chi connectivity index (χ1v) is 16.2. The number of ether oxygens (including phenoxy) is 4. The number of hydrogen-bond donors (Lipinski definition) is 8. The number of methoxy groups -OCH3 is 1. The molecule has 0 aliphatic rings. The Labute approximate surface area is 285 Å². The number of urea groups is 1. The van der Waals surface area contributed by atoms with Gasteiger partial charge in [0.1, 0.15) is 18.7 Å². The van der Waals surface area contributed by atoms with Crippen LogP contribution in [0.3, 0.4) is 0 Å². The SMILES string of the molecule is COCC(=O)NCCOCCOCCOCCNC(=O)CCCCCCCNC(=O)CC[C@H](NC(=O)N[C@@H](CCC(=O)O)C(=O)O)C(=O)O. The number of carboxylic acids is 3. The third-order valence-corrected chi connectivity index (χ3v) is 6.57. The van der Waals surface area contributed by atoms with E-state index in [9.17, 15) is 38.7 Å². The van der Waals surface area contributed by atoms with Gasteiger partial charge in [-0.2, -0.15) is 0 Å². The summed E-state index contributed by atoms with van der Waals surface area (Å²) >= 11 is 0. The van der Waals surface area contributed by atoms with Crippen molar-refractivity contribution in [2.45, 2.75) is 76.3 Å². The van der Waals surface area contributed by atoms with Crippen LogP contribution in [0, 0.1) is 0 Å². The summed E-state index contributed by atoms with van der Waals surface area (Å²) in [4.78, 5) is 80.6. The molecule has 0 aromatic carbocycles.